The van der Waals surface area contributed by atoms with Crippen molar-refractivity contribution < 1.29 is 9.90 Å². The van der Waals surface area contributed by atoms with Crippen LogP contribution >= 0.6 is 0 Å². The summed E-state index contributed by atoms with van der Waals surface area (Å²) < 4.78 is 0. The number of anilines is 2. The van der Waals surface area contributed by atoms with Crippen molar-refractivity contribution in [1.29, 1.82) is 0 Å². The molecule has 170 valence electrons. The first-order valence-corrected chi connectivity index (χ1v) is 11.5. The number of nitrogens with zero attached hydrogens (tertiary/aromatic N) is 3. The predicted octanol–water partition coefficient (Wildman–Crippen LogP) is 5.73. The molecule has 1 fully saturated rings. The summed E-state index contributed by atoms with van der Waals surface area (Å²) in [7, 11) is 0. The summed E-state index contributed by atoms with van der Waals surface area (Å²) in [4.78, 5) is 22.4. The Morgan fingerprint density at radius 3 is 2.53 bits per heavy atom. The lowest BCUT2D eigenvalue weighted by Gasteiger charge is -2.15. The van der Waals surface area contributed by atoms with Gasteiger partial charge in [-0.2, -0.15) is 0 Å². The Morgan fingerprint density at radius 2 is 1.79 bits per heavy atom. The summed E-state index contributed by atoms with van der Waals surface area (Å²) in [6, 6.07) is 20.2. The third kappa shape index (κ3) is 5.13. The molecule has 1 aliphatic rings. The first kappa shape index (κ1) is 21.8. The highest BCUT2D eigenvalue weighted by Crippen LogP contribution is 2.30. The first-order valence-electron chi connectivity index (χ1n) is 11.5. The molecule has 0 radical (unpaired) electrons. The van der Waals surface area contributed by atoms with Crippen LogP contribution in [0.5, 0.6) is 0 Å². The number of rotatable bonds is 7. The smallest absolute Gasteiger partial charge is 0.328 e. The number of carboxylic acid groups (broad SMARTS) is 1. The fourth-order valence-electron chi connectivity index (χ4n) is 4.30. The van der Waals surface area contributed by atoms with Crippen LogP contribution in [0.1, 0.15) is 24.0 Å². The number of hydrogen-bond acceptors (Lipinski definition) is 5. The highest BCUT2D eigenvalue weighted by molar-refractivity contribution is 5.95. The van der Waals surface area contributed by atoms with Crippen molar-refractivity contribution in [3.63, 3.8) is 0 Å². The maximum Gasteiger partial charge on any atom is 0.328 e. The van der Waals surface area contributed by atoms with E-state index in [0.717, 1.165) is 51.7 Å². The molecular weight excluding hydrogens is 424 g/mol. The summed E-state index contributed by atoms with van der Waals surface area (Å²) in [6.45, 7) is 3.38. The quantitative estimate of drug-likeness (QED) is 0.350. The molecule has 1 saturated heterocycles. The van der Waals surface area contributed by atoms with Gasteiger partial charge >= 0.3 is 5.97 Å². The zero-order valence-electron chi connectivity index (χ0n) is 18.8. The predicted molar refractivity (Wildman–Crippen MR) is 136 cm³/mol. The maximum atomic E-state index is 10.8. The molecule has 0 bridgehead atoms. The van der Waals surface area contributed by atoms with Crippen LogP contribution in [0.25, 0.3) is 28.2 Å². The molecule has 0 aliphatic carbocycles. The number of pyridine rings is 2. The van der Waals surface area contributed by atoms with Crippen LogP contribution in [0, 0.1) is 0 Å². The van der Waals surface area contributed by atoms with Crippen molar-refractivity contribution in [2.45, 2.75) is 19.4 Å². The van der Waals surface area contributed by atoms with E-state index in [0.29, 0.717) is 0 Å². The zero-order valence-corrected chi connectivity index (χ0v) is 18.8. The largest absolute Gasteiger partial charge is 0.478 e. The van der Waals surface area contributed by atoms with E-state index < -0.39 is 5.97 Å². The molecule has 2 aromatic heterocycles. The normalized spacial score (nSPS) is 14.1. The second kappa shape index (κ2) is 9.85. The molecule has 2 aromatic carbocycles. The van der Waals surface area contributed by atoms with Crippen LogP contribution in [-0.2, 0) is 11.3 Å². The minimum atomic E-state index is -0.964. The van der Waals surface area contributed by atoms with Gasteiger partial charge in [0.15, 0.2) is 0 Å². The second-order valence-electron chi connectivity index (χ2n) is 8.55. The van der Waals surface area contributed by atoms with Gasteiger partial charge in [0.05, 0.1) is 16.9 Å². The molecule has 1 aliphatic heterocycles. The number of likely N-dealkylation sites (tertiary alicyclic amines) is 1. The van der Waals surface area contributed by atoms with Gasteiger partial charge in [0.1, 0.15) is 0 Å². The molecule has 0 saturated carbocycles. The van der Waals surface area contributed by atoms with E-state index in [9.17, 15) is 4.79 Å². The summed E-state index contributed by atoms with van der Waals surface area (Å²) in [5.74, 6) is -0.964. The number of hydrogen-bond donors (Lipinski definition) is 2. The van der Waals surface area contributed by atoms with Crippen molar-refractivity contribution in [2.24, 2.45) is 0 Å². The topological polar surface area (TPSA) is 78.4 Å². The highest BCUT2D eigenvalue weighted by atomic mass is 16.4. The standard InChI is InChI=1S/C28H26N4O2/c33-28(34)12-7-20-3-8-22(9-4-20)26-17-27(24-18-29-14-13-25(24)31-26)30-23-10-5-21(6-11-23)19-32-15-1-2-16-32/h3-14,17-18H,1-2,15-16,19H2,(H,30,31)(H,33,34)/b12-7+. The van der Waals surface area contributed by atoms with Gasteiger partial charge in [0.2, 0.25) is 0 Å². The van der Waals surface area contributed by atoms with E-state index in [1.165, 1.54) is 31.5 Å². The molecule has 4 aromatic rings. The Kier molecular flexibility index (Phi) is 6.31. The van der Waals surface area contributed by atoms with Gasteiger partial charge in [-0.1, -0.05) is 36.4 Å². The molecule has 34 heavy (non-hydrogen) atoms. The fourth-order valence-corrected chi connectivity index (χ4v) is 4.30. The SMILES string of the molecule is O=C(O)/C=C/c1ccc(-c2cc(Nc3ccc(CN4CCCC4)cc3)c3cnccc3n2)cc1. The first-order chi connectivity index (χ1) is 16.6. The van der Waals surface area contributed by atoms with Gasteiger partial charge in [-0.3, -0.25) is 9.88 Å². The maximum absolute atomic E-state index is 10.8. The van der Waals surface area contributed by atoms with Gasteiger partial charge in [0.25, 0.3) is 0 Å². The highest BCUT2D eigenvalue weighted by Gasteiger charge is 2.12. The van der Waals surface area contributed by atoms with Crippen LogP contribution in [0.3, 0.4) is 0 Å². The molecular formula is C28H26N4O2. The van der Waals surface area contributed by atoms with Crippen LogP contribution in [0.2, 0.25) is 0 Å². The van der Waals surface area contributed by atoms with E-state index in [1.54, 1.807) is 12.3 Å². The van der Waals surface area contributed by atoms with E-state index in [4.69, 9.17) is 10.1 Å². The molecule has 3 heterocycles. The van der Waals surface area contributed by atoms with Crippen molar-refractivity contribution in [2.75, 3.05) is 18.4 Å². The van der Waals surface area contributed by atoms with Crippen molar-refractivity contribution in [3.05, 3.63) is 90.3 Å². The number of benzene rings is 2. The van der Waals surface area contributed by atoms with E-state index in [1.807, 2.05) is 42.6 Å². The summed E-state index contributed by atoms with van der Waals surface area (Å²) in [6.07, 6.45) is 8.88. The van der Waals surface area contributed by atoms with Gasteiger partial charge < -0.3 is 10.4 Å². The molecule has 0 atom stereocenters. The van der Waals surface area contributed by atoms with Crippen LogP contribution in [0.4, 0.5) is 11.4 Å². The molecule has 0 spiro atoms. The lowest BCUT2D eigenvalue weighted by Crippen LogP contribution is -2.18. The Labute approximate surface area is 198 Å². The summed E-state index contributed by atoms with van der Waals surface area (Å²) >= 11 is 0. The number of aliphatic carboxylic acids is 1. The zero-order chi connectivity index (χ0) is 23.3. The average molecular weight is 451 g/mol. The lowest BCUT2D eigenvalue weighted by molar-refractivity contribution is -0.131. The van der Waals surface area contributed by atoms with Gasteiger partial charge in [-0.25, -0.2) is 9.78 Å². The monoisotopic (exact) mass is 450 g/mol. The molecule has 0 unspecified atom stereocenters. The van der Waals surface area contributed by atoms with Gasteiger partial charge in [-0.05, 0) is 67.4 Å². The third-order valence-corrected chi connectivity index (χ3v) is 6.07. The summed E-state index contributed by atoms with van der Waals surface area (Å²) in [5, 5.41) is 13.3. The van der Waals surface area contributed by atoms with Gasteiger partial charge in [0, 0.05) is 41.7 Å². The second-order valence-corrected chi connectivity index (χ2v) is 8.55. The fraction of sp³-hybridized carbons (Fsp3) is 0.179. The Balaban J connectivity index is 1.41. The van der Waals surface area contributed by atoms with E-state index in [-0.39, 0.29) is 0 Å². The van der Waals surface area contributed by atoms with Crippen LogP contribution in [0.15, 0.2) is 79.1 Å². The van der Waals surface area contributed by atoms with Crippen molar-refractivity contribution in [1.82, 2.24) is 14.9 Å². The number of carbonyl (C=O) groups is 1. The van der Waals surface area contributed by atoms with Crippen molar-refractivity contribution in [3.8, 4) is 11.3 Å². The van der Waals surface area contributed by atoms with Gasteiger partial charge in [-0.15, -0.1) is 0 Å². The Bertz CT molecular complexity index is 1330. The molecule has 2 N–H and O–H groups in total. The molecule has 0 amide bonds. The third-order valence-electron chi connectivity index (χ3n) is 6.07. The van der Waals surface area contributed by atoms with Crippen molar-refractivity contribution >= 4 is 34.3 Å². The minimum Gasteiger partial charge on any atom is -0.478 e. The molecule has 6 nitrogen and oxygen atoms in total. The number of carboxylic acids is 1. The minimum absolute atomic E-state index is 0.823. The van der Waals surface area contributed by atoms with Crippen LogP contribution in [-0.4, -0.2) is 39.0 Å². The molecule has 5 rings (SSSR count). The number of fused-ring (bicyclic) bond motifs is 1. The Hall–Kier alpha value is -4.03. The molecule has 6 heteroatoms. The number of nitrogens with one attached hydrogen (secondary N) is 1. The van der Waals surface area contributed by atoms with Crippen LogP contribution < -0.4 is 5.32 Å². The van der Waals surface area contributed by atoms with E-state index >= 15 is 0 Å². The summed E-state index contributed by atoms with van der Waals surface area (Å²) in [5.41, 5.74) is 6.75. The average Bonchev–Trinajstić information content (AvgIpc) is 3.37. The lowest BCUT2D eigenvalue weighted by atomic mass is 10.1. The van der Waals surface area contributed by atoms with E-state index in [2.05, 4.69) is 39.5 Å². The Morgan fingerprint density at radius 1 is 1.03 bits per heavy atom. The number of aromatic nitrogens is 2.